The van der Waals surface area contributed by atoms with Gasteiger partial charge in [-0.1, -0.05) is 0 Å². The number of rotatable bonds is 3. The predicted octanol–water partition coefficient (Wildman–Crippen LogP) is 1.88. The van der Waals surface area contributed by atoms with Crippen molar-refractivity contribution in [2.75, 3.05) is 26.9 Å². The third-order valence-corrected chi connectivity index (χ3v) is 4.66. The normalized spacial score (nSPS) is 21.4. The maximum Gasteiger partial charge on any atom is 0.325 e. The fourth-order valence-corrected chi connectivity index (χ4v) is 3.31. The van der Waals surface area contributed by atoms with E-state index < -0.39 is 0 Å². The highest BCUT2D eigenvalue weighted by atomic mass is 79.9. The van der Waals surface area contributed by atoms with Crippen molar-refractivity contribution in [1.82, 2.24) is 4.90 Å². The molecule has 1 aromatic heterocycles. The molecule has 0 spiro atoms. The van der Waals surface area contributed by atoms with E-state index in [4.69, 9.17) is 9.47 Å². The molecule has 1 fully saturated rings. The summed E-state index contributed by atoms with van der Waals surface area (Å²) in [6.45, 7) is 2.58. The maximum atomic E-state index is 11.6. The second-order valence-electron chi connectivity index (χ2n) is 3.78. The van der Waals surface area contributed by atoms with Crippen molar-refractivity contribution in [3.8, 4) is 0 Å². The van der Waals surface area contributed by atoms with Crippen LogP contribution in [0.4, 0.5) is 0 Å². The van der Waals surface area contributed by atoms with Gasteiger partial charge in [-0.3, -0.25) is 9.69 Å². The molecule has 0 saturated carbocycles. The summed E-state index contributed by atoms with van der Waals surface area (Å²) in [5, 5.41) is 2.03. The van der Waals surface area contributed by atoms with Gasteiger partial charge >= 0.3 is 5.97 Å². The molecule has 0 bridgehead atoms. The van der Waals surface area contributed by atoms with Crippen molar-refractivity contribution < 1.29 is 14.3 Å². The fraction of sp³-hybridized carbons (Fsp3) is 0.545. The highest BCUT2D eigenvalue weighted by Crippen LogP contribution is 2.25. The zero-order chi connectivity index (χ0) is 12.3. The van der Waals surface area contributed by atoms with Gasteiger partial charge in [0, 0.05) is 22.4 Å². The number of morpholine rings is 1. The topological polar surface area (TPSA) is 38.8 Å². The Morgan fingerprint density at radius 2 is 2.59 bits per heavy atom. The van der Waals surface area contributed by atoms with Crippen LogP contribution in [0, 0.1) is 0 Å². The number of hydrogen-bond donors (Lipinski definition) is 0. The van der Waals surface area contributed by atoms with Crippen LogP contribution >= 0.6 is 27.3 Å². The molecule has 2 heterocycles. The molecule has 0 aliphatic carbocycles. The summed E-state index contributed by atoms with van der Waals surface area (Å²) >= 11 is 5.19. The van der Waals surface area contributed by atoms with Gasteiger partial charge in [-0.05, 0) is 27.4 Å². The molecule has 1 atom stereocenters. The number of halogens is 1. The first-order valence-electron chi connectivity index (χ1n) is 5.34. The lowest BCUT2D eigenvalue weighted by Crippen LogP contribution is -2.49. The van der Waals surface area contributed by atoms with Crippen molar-refractivity contribution in [2.45, 2.75) is 12.6 Å². The van der Waals surface area contributed by atoms with E-state index in [1.165, 1.54) is 12.0 Å². The molecule has 2 rings (SSSR count). The molecular weight excluding hydrogens is 306 g/mol. The molecule has 94 valence electrons. The molecule has 6 heteroatoms. The summed E-state index contributed by atoms with van der Waals surface area (Å²) < 4.78 is 11.2. The van der Waals surface area contributed by atoms with Gasteiger partial charge < -0.3 is 9.47 Å². The van der Waals surface area contributed by atoms with Gasteiger partial charge in [0.05, 0.1) is 20.3 Å². The van der Waals surface area contributed by atoms with Crippen LogP contribution in [0.2, 0.25) is 0 Å². The summed E-state index contributed by atoms with van der Waals surface area (Å²) in [5.74, 6) is -0.225. The average molecular weight is 320 g/mol. The van der Waals surface area contributed by atoms with E-state index in [2.05, 4.69) is 20.8 Å². The molecule has 1 saturated heterocycles. The Kier molecular flexibility index (Phi) is 4.55. The minimum absolute atomic E-state index is 0.225. The van der Waals surface area contributed by atoms with E-state index in [-0.39, 0.29) is 12.0 Å². The van der Waals surface area contributed by atoms with E-state index >= 15 is 0 Å². The minimum atomic E-state index is -0.289. The monoisotopic (exact) mass is 319 g/mol. The van der Waals surface area contributed by atoms with Crippen LogP contribution in [0.1, 0.15) is 4.88 Å². The standard InChI is InChI=1S/C11H14BrNO3S/c1-15-11(14)9-7-16-4-3-13(9)6-10-8(12)2-5-17-10/h2,5,9H,3-4,6-7H2,1H3. The third kappa shape index (κ3) is 3.07. The van der Waals surface area contributed by atoms with Crippen molar-refractivity contribution >= 4 is 33.2 Å². The lowest BCUT2D eigenvalue weighted by atomic mass is 10.2. The van der Waals surface area contributed by atoms with Crippen LogP contribution in [-0.2, 0) is 20.8 Å². The van der Waals surface area contributed by atoms with Gasteiger partial charge in [-0.15, -0.1) is 11.3 Å². The highest BCUT2D eigenvalue weighted by Gasteiger charge is 2.30. The minimum Gasteiger partial charge on any atom is -0.468 e. The van der Waals surface area contributed by atoms with Gasteiger partial charge in [-0.25, -0.2) is 0 Å². The van der Waals surface area contributed by atoms with Crippen molar-refractivity contribution in [3.05, 3.63) is 20.8 Å². The Labute approximate surface area is 113 Å². The predicted molar refractivity (Wildman–Crippen MR) is 69.1 cm³/mol. The molecule has 0 aromatic carbocycles. The molecule has 0 radical (unpaired) electrons. The highest BCUT2D eigenvalue weighted by molar-refractivity contribution is 9.10. The van der Waals surface area contributed by atoms with Crippen LogP contribution in [-0.4, -0.2) is 43.8 Å². The molecule has 1 aromatic rings. The molecule has 1 aliphatic heterocycles. The number of carbonyl (C=O) groups excluding carboxylic acids is 1. The Bertz CT molecular complexity index is 396. The smallest absolute Gasteiger partial charge is 0.325 e. The van der Waals surface area contributed by atoms with Gasteiger partial charge in [0.25, 0.3) is 0 Å². The second-order valence-corrected chi connectivity index (χ2v) is 5.63. The number of hydrogen-bond acceptors (Lipinski definition) is 5. The van der Waals surface area contributed by atoms with Gasteiger partial charge in [0.2, 0.25) is 0 Å². The fourth-order valence-electron chi connectivity index (χ4n) is 1.80. The zero-order valence-electron chi connectivity index (χ0n) is 9.52. The molecule has 17 heavy (non-hydrogen) atoms. The Balaban J connectivity index is 2.06. The van der Waals surface area contributed by atoms with E-state index in [0.717, 1.165) is 17.6 Å². The quantitative estimate of drug-likeness (QED) is 0.797. The van der Waals surface area contributed by atoms with Crippen molar-refractivity contribution in [2.24, 2.45) is 0 Å². The molecular formula is C11H14BrNO3S. The van der Waals surface area contributed by atoms with Crippen LogP contribution in [0.5, 0.6) is 0 Å². The van der Waals surface area contributed by atoms with Crippen molar-refractivity contribution in [3.63, 3.8) is 0 Å². The summed E-state index contributed by atoms with van der Waals surface area (Å²) in [4.78, 5) is 15.0. The van der Waals surface area contributed by atoms with Gasteiger partial charge in [0.15, 0.2) is 0 Å². The van der Waals surface area contributed by atoms with Gasteiger partial charge in [-0.2, -0.15) is 0 Å². The molecule has 4 nitrogen and oxygen atoms in total. The SMILES string of the molecule is COC(=O)C1COCCN1Cc1sccc1Br. The van der Waals surface area contributed by atoms with E-state index in [0.29, 0.717) is 13.2 Å². The van der Waals surface area contributed by atoms with Crippen LogP contribution in [0.25, 0.3) is 0 Å². The first-order chi connectivity index (χ1) is 8.22. The summed E-state index contributed by atoms with van der Waals surface area (Å²) in [6, 6.07) is 1.73. The molecule has 1 aliphatic rings. The Hall–Kier alpha value is -0.430. The largest absolute Gasteiger partial charge is 0.468 e. The molecule has 1 unspecified atom stereocenters. The number of ether oxygens (including phenoxy) is 2. The maximum absolute atomic E-state index is 11.6. The van der Waals surface area contributed by atoms with Crippen molar-refractivity contribution in [1.29, 1.82) is 0 Å². The lowest BCUT2D eigenvalue weighted by molar-refractivity contribution is -0.153. The van der Waals surface area contributed by atoms with Crippen LogP contribution < -0.4 is 0 Å². The summed E-state index contributed by atoms with van der Waals surface area (Å²) in [5.41, 5.74) is 0. The number of nitrogens with zero attached hydrogens (tertiary/aromatic N) is 1. The first-order valence-corrected chi connectivity index (χ1v) is 7.01. The lowest BCUT2D eigenvalue weighted by Gasteiger charge is -2.33. The van der Waals surface area contributed by atoms with E-state index in [1.807, 2.05) is 11.4 Å². The van der Waals surface area contributed by atoms with E-state index in [1.54, 1.807) is 11.3 Å². The zero-order valence-corrected chi connectivity index (χ0v) is 11.9. The summed E-state index contributed by atoms with van der Waals surface area (Å²) in [7, 11) is 1.41. The number of carbonyl (C=O) groups is 1. The average Bonchev–Trinajstić information content (AvgIpc) is 2.75. The Morgan fingerprint density at radius 3 is 3.24 bits per heavy atom. The van der Waals surface area contributed by atoms with Gasteiger partial charge in [0.1, 0.15) is 6.04 Å². The second kappa shape index (κ2) is 5.95. The molecule has 0 N–H and O–H groups in total. The van der Waals surface area contributed by atoms with Crippen LogP contribution in [0.3, 0.4) is 0 Å². The Morgan fingerprint density at radius 1 is 1.76 bits per heavy atom. The number of thiophene rings is 1. The number of methoxy groups -OCH3 is 1. The summed E-state index contributed by atoms with van der Waals surface area (Å²) in [6.07, 6.45) is 0. The number of esters is 1. The van der Waals surface area contributed by atoms with Crippen LogP contribution in [0.15, 0.2) is 15.9 Å². The first kappa shape index (κ1) is 13.0. The molecule has 0 amide bonds. The van der Waals surface area contributed by atoms with E-state index in [9.17, 15) is 4.79 Å². The third-order valence-electron chi connectivity index (χ3n) is 2.75.